The maximum absolute atomic E-state index is 5.06. The van der Waals surface area contributed by atoms with Gasteiger partial charge in [-0.2, -0.15) is 5.10 Å². The minimum atomic E-state index is 0.612. The van der Waals surface area contributed by atoms with E-state index in [4.69, 9.17) is 4.74 Å². The first-order valence-corrected chi connectivity index (χ1v) is 4.78. The molecule has 0 radical (unpaired) electrons. The zero-order valence-electron chi connectivity index (χ0n) is 7.38. The number of aryl methyl sites for hydroxylation is 1. The third-order valence-electron chi connectivity index (χ3n) is 1.61. The van der Waals surface area contributed by atoms with E-state index in [1.807, 2.05) is 10.9 Å². The van der Waals surface area contributed by atoms with E-state index in [0.717, 1.165) is 23.1 Å². The van der Waals surface area contributed by atoms with Crippen molar-refractivity contribution in [3.8, 4) is 0 Å². The van der Waals surface area contributed by atoms with Crippen molar-refractivity contribution < 1.29 is 4.74 Å². The Balaban J connectivity index is 2.80. The maximum atomic E-state index is 5.06. The molecule has 3 nitrogen and oxygen atoms in total. The molecule has 0 unspecified atom stereocenters. The summed E-state index contributed by atoms with van der Waals surface area (Å²) >= 11 is 3.42. The predicted molar refractivity (Wildman–Crippen MR) is 50.9 cm³/mol. The molecular formula is C8H13BrN2O. The van der Waals surface area contributed by atoms with E-state index in [1.165, 1.54) is 0 Å². The summed E-state index contributed by atoms with van der Waals surface area (Å²) in [7, 11) is 1.69. The molecule has 0 saturated heterocycles. The standard InChI is InChI=1S/C8H13BrN2O/c1-3-4-11-8(6-12-2)7(9)5-10-11/h5H,3-4,6H2,1-2H3. The van der Waals surface area contributed by atoms with Gasteiger partial charge in [0.05, 0.1) is 23.0 Å². The van der Waals surface area contributed by atoms with Crippen LogP contribution in [0.25, 0.3) is 0 Å². The summed E-state index contributed by atoms with van der Waals surface area (Å²) in [4.78, 5) is 0. The highest BCUT2D eigenvalue weighted by atomic mass is 79.9. The van der Waals surface area contributed by atoms with Crippen molar-refractivity contribution in [2.24, 2.45) is 0 Å². The average molecular weight is 233 g/mol. The summed E-state index contributed by atoms with van der Waals surface area (Å²) in [5.41, 5.74) is 1.11. The molecule has 0 aromatic carbocycles. The van der Waals surface area contributed by atoms with Crippen LogP contribution in [0.1, 0.15) is 19.0 Å². The van der Waals surface area contributed by atoms with Crippen molar-refractivity contribution in [1.82, 2.24) is 9.78 Å². The minimum Gasteiger partial charge on any atom is -0.378 e. The molecule has 0 aliphatic heterocycles. The molecule has 0 amide bonds. The van der Waals surface area contributed by atoms with Gasteiger partial charge in [0.2, 0.25) is 0 Å². The monoisotopic (exact) mass is 232 g/mol. The van der Waals surface area contributed by atoms with Crippen molar-refractivity contribution in [3.63, 3.8) is 0 Å². The quantitative estimate of drug-likeness (QED) is 0.797. The Morgan fingerprint density at radius 2 is 2.42 bits per heavy atom. The topological polar surface area (TPSA) is 27.1 Å². The van der Waals surface area contributed by atoms with Crippen molar-refractivity contribution in [2.45, 2.75) is 26.5 Å². The van der Waals surface area contributed by atoms with Crippen LogP contribution in [0.15, 0.2) is 10.7 Å². The molecule has 1 heterocycles. The summed E-state index contributed by atoms with van der Waals surface area (Å²) in [5, 5.41) is 4.21. The average Bonchev–Trinajstić information content (AvgIpc) is 2.37. The molecule has 0 N–H and O–H groups in total. The van der Waals surface area contributed by atoms with Crippen molar-refractivity contribution in [1.29, 1.82) is 0 Å². The SMILES string of the molecule is CCCn1ncc(Br)c1COC. The highest BCUT2D eigenvalue weighted by Crippen LogP contribution is 2.16. The summed E-state index contributed by atoms with van der Waals surface area (Å²) in [6, 6.07) is 0. The van der Waals surface area contributed by atoms with E-state index in [0.29, 0.717) is 6.61 Å². The Bertz CT molecular complexity index is 247. The van der Waals surface area contributed by atoms with Crippen LogP contribution in [0.4, 0.5) is 0 Å². The number of hydrogen-bond donors (Lipinski definition) is 0. The summed E-state index contributed by atoms with van der Waals surface area (Å²) < 4.78 is 8.05. The van der Waals surface area contributed by atoms with E-state index in [-0.39, 0.29) is 0 Å². The molecule has 1 rings (SSSR count). The molecule has 0 spiro atoms. The molecule has 4 heteroatoms. The maximum Gasteiger partial charge on any atom is 0.0892 e. The second kappa shape index (κ2) is 4.62. The molecule has 0 saturated carbocycles. The lowest BCUT2D eigenvalue weighted by Gasteiger charge is -2.04. The van der Waals surface area contributed by atoms with Crippen LogP contribution in [0.2, 0.25) is 0 Å². The lowest BCUT2D eigenvalue weighted by molar-refractivity contribution is 0.176. The van der Waals surface area contributed by atoms with Gasteiger partial charge in [-0.05, 0) is 22.4 Å². The zero-order valence-corrected chi connectivity index (χ0v) is 8.97. The van der Waals surface area contributed by atoms with Gasteiger partial charge in [0.15, 0.2) is 0 Å². The Morgan fingerprint density at radius 3 is 3.00 bits per heavy atom. The molecule has 0 atom stereocenters. The van der Waals surface area contributed by atoms with Crippen molar-refractivity contribution in [2.75, 3.05) is 7.11 Å². The van der Waals surface area contributed by atoms with Crippen LogP contribution in [-0.4, -0.2) is 16.9 Å². The first kappa shape index (κ1) is 9.74. The molecule has 0 fully saturated rings. The lowest BCUT2D eigenvalue weighted by atomic mass is 10.4. The molecular weight excluding hydrogens is 220 g/mol. The van der Waals surface area contributed by atoms with Crippen LogP contribution < -0.4 is 0 Å². The lowest BCUT2D eigenvalue weighted by Crippen LogP contribution is -2.05. The van der Waals surface area contributed by atoms with Crippen LogP contribution >= 0.6 is 15.9 Å². The summed E-state index contributed by atoms with van der Waals surface area (Å²) in [5.74, 6) is 0. The number of aromatic nitrogens is 2. The second-order valence-corrected chi connectivity index (χ2v) is 3.45. The Hall–Kier alpha value is -0.350. The molecule has 1 aromatic rings. The fraction of sp³-hybridized carbons (Fsp3) is 0.625. The molecule has 12 heavy (non-hydrogen) atoms. The number of ether oxygens (including phenoxy) is 1. The van der Waals surface area contributed by atoms with Crippen LogP contribution in [-0.2, 0) is 17.9 Å². The van der Waals surface area contributed by atoms with E-state index in [1.54, 1.807) is 7.11 Å². The number of hydrogen-bond acceptors (Lipinski definition) is 2. The van der Waals surface area contributed by atoms with E-state index in [2.05, 4.69) is 28.0 Å². The summed E-state index contributed by atoms with van der Waals surface area (Å²) in [6.07, 6.45) is 2.90. The normalized spacial score (nSPS) is 10.6. The van der Waals surface area contributed by atoms with Gasteiger partial charge in [-0.3, -0.25) is 4.68 Å². The largest absolute Gasteiger partial charge is 0.378 e. The number of rotatable bonds is 4. The van der Waals surface area contributed by atoms with Gasteiger partial charge in [-0.25, -0.2) is 0 Å². The number of methoxy groups -OCH3 is 1. The highest BCUT2D eigenvalue weighted by Gasteiger charge is 2.06. The first-order valence-electron chi connectivity index (χ1n) is 3.98. The third-order valence-corrected chi connectivity index (χ3v) is 2.28. The second-order valence-electron chi connectivity index (χ2n) is 2.60. The number of nitrogens with zero attached hydrogens (tertiary/aromatic N) is 2. The van der Waals surface area contributed by atoms with Gasteiger partial charge in [-0.15, -0.1) is 0 Å². The fourth-order valence-electron chi connectivity index (χ4n) is 1.07. The molecule has 0 aliphatic rings. The van der Waals surface area contributed by atoms with Gasteiger partial charge in [-0.1, -0.05) is 6.92 Å². The molecule has 0 aliphatic carbocycles. The first-order chi connectivity index (χ1) is 5.79. The molecule has 68 valence electrons. The van der Waals surface area contributed by atoms with Crippen LogP contribution in [0.5, 0.6) is 0 Å². The smallest absolute Gasteiger partial charge is 0.0892 e. The van der Waals surface area contributed by atoms with Gasteiger partial charge >= 0.3 is 0 Å². The molecule has 0 bridgehead atoms. The highest BCUT2D eigenvalue weighted by molar-refractivity contribution is 9.10. The minimum absolute atomic E-state index is 0.612. The van der Waals surface area contributed by atoms with E-state index < -0.39 is 0 Å². The van der Waals surface area contributed by atoms with E-state index in [9.17, 15) is 0 Å². The summed E-state index contributed by atoms with van der Waals surface area (Å²) in [6.45, 7) is 3.69. The zero-order chi connectivity index (χ0) is 8.97. The molecule has 1 aromatic heterocycles. The Kier molecular flexibility index (Phi) is 3.75. The van der Waals surface area contributed by atoms with Crippen LogP contribution in [0.3, 0.4) is 0 Å². The van der Waals surface area contributed by atoms with Gasteiger partial charge < -0.3 is 4.74 Å². The fourth-order valence-corrected chi connectivity index (χ4v) is 1.48. The Morgan fingerprint density at radius 1 is 1.67 bits per heavy atom. The third kappa shape index (κ3) is 2.08. The van der Waals surface area contributed by atoms with Crippen molar-refractivity contribution in [3.05, 3.63) is 16.4 Å². The van der Waals surface area contributed by atoms with E-state index >= 15 is 0 Å². The van der Waals surface area contributed by atoms with Gasteiger partial charge in [0.25, 0.3) is 0 Å². The predicted octanol–water partition coefficient (Wildman–Crippen LogP) is 2.20. The van der Waals surface area contributed by atoms with Gasteiger partial charge in [0.1, 0.15) is 0 Å². The Labute approximate surface area is 80.8 Å². The van der Waals surface area contributed by atoms with Crippen LogP contribution in [0, 0.1) is 0 Å². The number of halogens is 1. The van der Waals surface area contributed by atoms with Gasteiger partial charge in [0, 0.05) is 13.7 Å². The van der Waals surface area contributed by atoms with Crippen molar-refractivity contribution >= 4 is 15.9 Å².